The van der Waals surface area contributed by atoms with Crippen LogP contribution in [0.4, 0.5) is 26.3 Å². The Kier molecular flexibility index (Phi) is 20.9. The number of hydrogen-bond donors (Lipinski definition) is 4. The number of halogens is 6. The number of nitrogens with zero attached hydrogens (tertiary/aromatic N) is 2. The summed E-state index contributed by atoms with van der Waals surface area (Å²) >= 11 is 0. The standard InChI is InChI=1S/C22H30F3NO2.C12H23N.C10H9F3O3.C5H11NO/c1-21(28,22(23,24)25)17-14-12-16(13-15-17)20(27)26(18-8-4-2-5-9-18)19-10-6-3-7-11-19;1-3-7-11(8-4-1)13-12-9-5-2-6-10-12;1-9(16,10(11,12)13)7-4-2-6(3-5-7)8(14)15;1-6-2-4-7-5-3-6/h12-15,18-19,28H,2-11H2,1H3;11-13H,1-10H2;2-5,16H,1H3,(H,14,15);2-5H2,1H3. The van der Waals surface area contributed by atoms with Crippen molar-refractivity contribution in [3.05, 3.63) is 70.8 Å². The van der Waals surface area contributed by atoms with Gasteiger partial charge in [0.2, 0.25) is 0 Å². The van der Waals surface area contributed by atoms with Crippen LogP contribution in [0, 0.1) is 0 Å². The van der Waals surface area contributed by atoms with Crippen molar-refractivity contribution < 1.29 is 56.0 Å². The maximum atomic E-state index is 13.3. The van der Waals surface area contributed by atoms with E-state index in [9.17, 15) is 46.1 Å². The number of carbonyl (C=O) groups is 2. The number of nitrogens with one attached hydrogen (secondary N) is 1. The summed E-state index contributed by atoms with van der Waals surface area (Å²) in [5, 5.41) is 31.5. The largest absolute Gasteiger partial charge is 0.478 e. The zero-order chi connectivity index (χ0) is 47.0. The average molecular weight is 914 g/mol. The predicted molar refractivity (Wildman–Crippen MR) is 236 cm³/mol. The van der Waals surface area contributed by atoms with Gasteiger partial charge < -0.3 is 35.2 Å². The molecule has 0 radical (unpaired) electrons. The molecular weight excluding hydrogens is 841 g/mol. The molecule has 2 aromatic carbocycles. The zero-order valence-electron chi connectivity index (χ0n) is 38.1. The van der Waals surface area contributed by atoms with E-state index < -0.39 is 35.1 Å². The first-order valence-corrected chi connectivity index (χ1v) is 23.6. The Bertz CT molecular complexity index is 1620. The lowest BCUT2D eigenvalue weighted by molar-refractivity contribution is -0.259. The molecule has 4 N–H and O–H groups in total. The van der Waals surface area contributed by atoms with Gasteiger partial charge in [0.1, 0.15) is 0 Å². The van der Waals surface area contributed by atoms with Crippen molar-refractivity contribution in [2.75, 3.05) is 33.4 Å². The monoisotopic (exact) mass is 914 g/mol. The lowest BCUT2D eigenvalue weighted by atomic mass is 9.88. The molecule has 1 saturated heterocycles. The fraction of sp³-hybridized carbons (Fsp3) is 0.714. The summed E-state index contributed by atoms with van der Waals surface area (Å²) in [5.74, 6) is -1.32. The Hall–Kier alpha value is -3.24. The third-order valence-corrected chi connectivity index (χ3v) is 13.6. The minimum absolute atomic E-state index is 0.0861. The van der Waals surface area contributed by atoms with E-state index in [0.29, 0.717) is 12.5 Å². The van der Waals surface area contributed by atoms with Crippen molar-refractivity contribution >= 4 is 11.9 Å². The molecular formula is C49H73F6N3O6. The number of rotatable bonds is 8. The summed E-state index contributed by atoms with van der Waals surface area (Å²) in [5.41, 5.74) is -6.30. The number of ether oxygens (including phenoxy) is 1. The highest BCUT2D eigenvalue weighted by atomic mass is 19.4. The normalized spacial score (nSPS) is 21.9. The van der Waals surface area contributed by atoms with Gasteiger partial charge in [-0.1, -0.05) is 101 Å². The number of benzene rings is 2. The smallest absolute Gasteiger partial charge is 0.421 e. The topological polar surface area (TPSA) is 123 Å². The summed E-state index contributed by atoms with van der Waals surface area (Å²) in [6.07, 6.45) is 15.9. The van der Waals surface area contributed by atoms with Gasteiger partial charge in [0.05, 0.1) is 18.8 Å². The minimum atomic E-state index is -4.81. The van der Waals surface area contributed by atoms with E-state index in [1.165, 1.54) is 101 Å². The molecule has 0 spiro atoms. The molecule has 2 atom stereocenters. The minimum Gasteiger partial charge on any atom is -0.478 e. The summed E-state index contributed by atoms with van der Waals surface area (Å²) in [7, 11) is 2.11. The molecule has 1 heterocycles. The number of aliphatic hydroxyl groups is 2. The van der Waals surface area contributed by atoms with Crippen molar-refractivity contribution in [2.24, 2.45) is 0 Å². The highest BCUT2D eigenvalue weighted by Gasteiger charge is 2.52. The van der Waals surface area contributed by atoms with Gasteiger partial charge in [-0.15, -0.1) is 0 Å². The fourth-order valence-corrected chi connectivity index (χ4v) is 9.23. The molecule has 0 aromatic heterocycles. The van der Waals surface area contributed by atoms with E-state index in [2.05, 4.69) is 17.3 Å². The molecule has 7 rings (SSSR count). The van der Waals surface area contributed by atoms with Gasteiger partial charge in [0, 0.05) is 42.8 Å². The highest BCUT2D eigenvalue weighted by molar-refractivity contribution is 5.94. The van der Waals surface area contributed by atoms with Crippen LogP contribution in [0.25, 0.3) is 0 Å². The van der Waals surface area contributed by atoms with Crippen LogP contribution in [0.15, 0.2) is 48.5 Å². The van der Waals surface area contributed by atoms with E-state index >= 15 is 0 Å². The predicted octanol–water partition coefficient (Wildman–Crippen LogP) is 10.9. The number of morpholine rings is 1. The van der Waals surface area contributed by atoms with Gasteiger partial charge in [-0.05, 0) is 108 Å². The maximum Gasteiger partial charge on any atom is 0.421 e. The molecule has 64 heavy (non-hydrogen) atoms. The molecule has 15 heteroatoms. The number of hydrogen-bond acceptors (Lipinski definition) is 7. The van der Waals surface area contributed by atoms with E-state index in [1.807, 2.05) is 4.90 Å². The number of aromatic carboxylic acids is 1. The lowest BCUT2D eigenvalue weighted by Gasteiger charge is -2.42. The van der Waals surface area contributed by atoms with Gasteiger partial charge in [-0.3, -0.25) is 4.79 Å². The Morgan fingerprint density at radius 3 is 1.20 bits per heavy atom. The van der Waals surface area contributed by atoms with Gasteiger partial charge in [0.25, 0.3) is 5.91 Å². The Labute approximate surface area is 376 Å². The van der Waals surface area contributed by atoms with Crippen molar-refractivity contribution in [3.8, 4) is 0 Å². The van der Waals surface area contributed by atoms with Gasteiger partial charge >= 0.3 is 18.3 Å². The van der Waals surface area contributed by atoms with Crippen molar-refractivity contribution in [1.29, 1.82) is 0 Å². The van der Waals surface area contributed by atoms with Crippen LogP contribution in [0.5, 0.6) is 0 Å². The third-order valence-electron chi connectivity index (χ3n) is 13.6. The number of alkyl halides is 6. The molecule has 0 bridgehead atoms. The van der Waals surface area contributed by atoms with Crippen LogP contribution < -0.4 is 5.32 Å². The quantitative estimate of drug-likeness (QED) is 0.193. The molecule has 2 unspecified atom stereocenters. The van der Waals surface area contributed by atoms with Gasteiger partial charge in [0.15, 0.2) is 11.2 Å². The second kappa shape index (κ2) is 25.0. The molecule has 4 saturated carbocycles. The first-order chi connectivity index (χ1) is 30.2. The van der Waals surface area contributed by atoms with Crippen LogP contribution in [0.1, 0.15) is 174 Å². The van der Waals surface area contributed by atoms with Crippen molar-refractivity contribution in [3.63, 3.8) is 0 Å². The van der Waals surface area contributed by atoms with E-state index in [0.717, 1.165) is 121 Å². The average Bonchev–Trinajstić information content (AvgIpc) is 3.28. The second-order valence-electron chi connectivity index (χ2n) is 18.6. The molecule has 9 nitrogen and oxygen atoms in total. The Morgan fingerprint density at radius 2 is 0.906 bits per heavy atom. The van der Waals surface area contributed by atoms with E-state index in [-0.39, 0.29) is 29.1 Å². The maximum absolute atomic E-state index is 13.3. The van der Waals surface area contributed by atoms with Crippen LogP contribution in [-0.2, 0) is 15.9 Å². The fourth-order valence-electron chi connectivity index (χ4n) is 9.23. The van der Waals surface area contributed by atoms with Crippen LogP contribution in [0.2, 0.25) is 0 Å². The number of carbonyl (C=O) groups excluding carboxylic acids is 1. The number of carboxylic acids is 1. The van der Waals surface area contributed by atoms with E-state index in [1.54, 1.807) is 0 Å². The van der Waals surface area contributed by atoms with Gasteiger partial charge in [-0.25, -0.2) is 4.79 Å². The molecule has 5 aliphatic rings. The molecule has 1 aliphatic heterocycles. The highest BCUT2D eigenvalue weighted by Crippen LogP contribution is 2.40. The summed E-state index contributed by atoms with van der Waals surface area (Å²) in [6, 6.07) is 11.4. The van der Waals surface area contributed by atoms with Crippen LogP contribution in [0.3, 0.4) is 0 Å². The SMILES string of the molecule is C1CCC(NC2CCCCC2)CC1.CC(O)(c1ccc(C(=O)N(C2CCCCC2)C2CCCCC2)cc1)C(F)(F)F.CC(O)(c1ccc(C(=O)O)cc1)C(F)(F)F.CN1CCOCC1. The Balaban J connectivity index is 0.000000210. The number of carboxylic acid groups (broad SMARTS) is 1. The van der Waals surface area contributed by atoms with E-state index in [4.69, 9.17) is 9.84 Å². The number of amides is 1. The van der Waals surface area contributed by atoms with Crippen LogP contribution >= 0.6 is 0 Å². The first-order valence-electron chi connectivity index (χ1n) is 23.6. The van der Waals surface area contributed by atoms with Crippen molar-refractivity contribution in [2.45, 2.75) is 190 Å². The Morgan fingerprint density at radius 1 is 0.578 bits per heavy atom. The molecule has 362 valence electrons. The first kappa shape index (κ1) is 53.4. The third kappa shape index (κ3) is 16.0. The molecule has 2 aromatic rings. The summed E-state index contributed by atoms with van der Waals surface area (Å²) < 4.78 is 81.5. The molecule has 5 fully saturated rings. The van der Waals surface area contributed by atoms with Crippen molar-refractivity contribution in [1.82, 2.24) is 15.1 Å². The zero-order valence-corrected chi connectivity index (χ0v) is 38.1. The molecule has 1 amide bonds. The molecule has 4 aliphatic carbocycles. The lowest BCUT2D eigenvalue weighted by Crippen LogP contribution is -2.48. The van der Waals surface area contributed by atoms with Crippen LogP contribution in [-0.4, -0.2) is 107 Å². The summed E-state index contributed by atoms with van der Waals surface area (Å²) in [6.45, 7) is 5.37. The number of likely N-dealkylation sites (N-methyl/N-ethyl adjacent to an activating group) is 1. The second-order valence-corrected chi connectivity index (χ2v) is 18.6. The van der Waals surface area contributed by atoms with Gasteiger partial charge in [-0.2, -0.15) is 26.3 Å². The summed E-state index contributed by atoms with van der Waals surface area (Å²) in [4.78, 5) is 28.1.